The van der Waals surface area contributed by atoms with Crippen LogP contribution in [0.1, 0.15) is 5.56 Å². The maximum absolute atomic E-state index is 13.3. The normalized spacial score (nSPS) is 10.9. The van der Waals surface area contributed by atoms with Gasteiger partial charge in [0.1, 0.15) is 11.3 Å². The molecule has 0 spiro atoms. The first kappa shape index (κ1) is 24.0. The van der Waals surface area contributed by atoms with E-state index in [1.165, 1.54) is 13.2 Å². The lowest BCUT2D eigenvalue weighted by Gasteiger charge is -2.13. The summed E-state index contributed by atoms with van der Waals surface area (Å²) in [6.07, 6.45) is 0. The van der Waals surface area contributed by atoms with Crippen LogP contribution in [0.2, 0.25) is 15.1 Å². The van der Waals surface area contributed by atoms with E-state index in [1.54, 1.807) is 48.5 Å². The molecule has 0 unspecified atom stereocenters. The Morgan fingerprint density at radius 1 is 1.00 bits per heavy atom. The third-order valence-corrected chi connectivity index (χ3v) is 5.97. The number of aryl methyl sites for hydroxylation is 1. The fourth-order valence-electron chi connectivity index (χ4n) is 3.30. The molecule has 0 aliphatic heterocycles. The summed E-state index contributed by atoms with van der Waals surface area (Å²) in [7, 11) is 1.50. The molecule has 34 heavy (non-hydrogen) atoms. The predicted molar refractivity (Wildman–Crippen MR) is 135 cm³/mol. The zero-order valence-electron chi connectivity index (χ0n) is 18.1. The molecule has 0 saturated heterocycles. The molecule has 1 amide bonds. The Morgan fingerprint density at radius 2 is 1.74 bits per heavy atom. The molecular formula is C25H18Cl3NO5. The molecule has 0 aliphatic carbocycles. The molecule has 0 fully saturated rings. The summed E-state index contributed by atoms with van der Waals surface area (Å²) in [5, 5.41) is 4.19. The first-order valence-corrected chi connectivity index (χ1v) is 11.2. The fourth-order valence-corrected chi connectivity index (χ4v) is 3.85. The van der Waals surface area contributed by atoms with Crippen molar-refractivity contribution in [1.82, 2.24) is 0 Å². The van der Waals surface area contributed by atoms with Crippen molar-refractivity contribution in [1.29, 1.82) is 0 Å². The van der Waals surface area contributed by atoms with Gasteiger partial charge in [0.25, 0.3) is 5.91 Å². The molecule has 1 N–H and O–H groups in total. The van der Waals surface area contributed by atoms with Crippen molar-refractivity contribution in [2.24, 2.45) is 0 Å². The molecule has 0 bridgehead atoms. The largest absolute Gasteiger partial charge is 0.495 e. The molecule has 0 atom stereocenters. The van der Waals surface area contributed by atoms with E-state index in [0.717, 1.165) is 5.56 Å². The summed E-state index contributed by atoms with van der Waals surface area (Å²) in [5.41, 5.74) is 1.67. The van der Waals surface area contributed by atoms with Crippen LogP contribution in [-0.2, 0) is 4.79 Å². The minimum Gasteiger partial charge on any atom is -0.495 e. The second-order valence-electron chi connectivity index (χ2n) is 7.38. The van der Waals surface area contributed by atoms with Crippen molar-refractivity contribution in [3.05, 3.63) is 85.5 Å². The fraction of sp³-hybridized carbons (Fsp3) is 0.120. The van der Waals surface area contributed by atoms with Gasteiger partial charge in [-0.2, -0.15) is 0 Å². The van der Waals surface area contributed by atoms with E-state index in [2.05, 4.69) is 5.32 Å². The predicted octanol–water partition coefficient (Wildman–Crippen LogP) is 6.75. The second-order valence-corrected chi connectivity index (χ2v) is 8.63. The standard InChI is InChI=1S/C25H18Cl3NO5/c1-13-9-21-17(11-18(13)27)23(31)25(24(34-21)14-3-5-15(26)6-4-14)33-12-22(30)29-16-7-8-20(32-2)19(28)10-16/h3-11H,12H2,1-2H3,(H,29,30). The number of halogens is 3. The van der Waals surface area contributed by atoms with Crippen LogP contribution >= 0.6 is 34.8 Å². The highest BCUT2D eigenvalue weighted by Crippen LogP contribution is 2.33. The van der Waals surface area contributed by atoms with Crippen LogP contribution in [0.4, 0.5) is 5.69 Å². The van der Waals surface area contributed by atoms with E-state index < -0.39 is 17.9 Å². The molecule has 6 nitrogen and oxygen atoms in total. The summed E-state index contributed by atoms with van der Waals surface area (Å²) < 4.78 is 16.8. The zero-order valence-corrected chi connectivity index (χ0v) is 20.3. The van der Waals surface area contributed by atoms with Crippen molar-refractivity contribution < 1.29 is 18.7 Å². The van der Waals surface area contributed by atoms with Gasteiger partial charge >= 0.3 is 0 Å². The first-order valence-electron chi connectivity index (χ1n) is 10.1. The van der Waals surface area contributed by atoms with Gasteiger partial charge in [-0.05, 0) is 67.1 Å². The molecule has 9 heteroatoms. The third-order valence-electron chi connectivity index (χ3n) is 5.02. The molecule has 0 saturated carbocycles. The number of carbonyl (C=O) groups is 1. The summed E-state index contributed by atoms with van der Waals surface area (Å²) in [6.45, 7) is 1.37. The maximum atomic E-state index is 13.3. The number of ether oxygens (including phenoxy) is 2. The van der Waals surface area contributed by atoms with E-state index in [-0.39, 0.29) is 16.9 Å². The minimum absolute atomic E-state index is 0.113. The van der Waals surface area contributed by atoms with Crippen molar-refractivity contribution in [3.8, 4) is 22.8 Å². The number of hydrogen-bond donors (Lipinski definition) is 1. The highest BCUT2D eigenvalue weighted by Gasteiger charge is 2.20. The van der Waals surface area contributed by atoms with Crippen molar-refractivity contribution in [2.75, 3.05) is 19.0 Å². The Kier molecular flexibility index (Phi) is 7.03. The van der Waals surface area contributed by atoms with Gasteiger partial charge < -0.3 is 19.2 Å². The van der Waals surface area contributed by atoms with Crippen molar-refractivity contribution in [2.45, 2.75) is 6.92 Å². The molecule has 4 aromatic rings. The number of nitrogens with one attached hydrogen (secondary N) is 1. The first-order chi connectivity index (χ1) is 16.3. The highest BCUT2D eigenvalue weighted by molar-refractivity contribution is 6.32. The second kappa shape index (κ2) is 9.97. The number of anilines is 1. The summed E-state index contributed by atoms with van der Waals surface area (Å²) >= 11 is 18.3. The Hall–Kier alpha value is -3.19. The van der Waals surface area contributed by atoms with Crippen LogP contribution in [0.3, 0.4) is 0 Å². The van der Waals surface area contributed by atoms with Crippen LogP contribution < -0.4 is 20.2 Å². The topological polar surface area (TPSA) is 77.8 Å². The van der Waals surface area contributed by atoms with E-state index in [4.69, 9.17) is 48.7 Å². The van der Waals surface area contributed by atoms with Crippen molar-refractivity contribution in [3.63, 3.8) is 0 Å². The molecule has 0 radical (unpaired) electrons. The Labute approximate surface area is 210 Å². The monoisotopic (exact) mass is 517 g/mol. The zero-order chi connectivity index (χ0) is 24.4. The van der Waals surface area contributed by atoms with Crippen LogP contribution in [0.25, 0.3) is 22.3 Å². The molecule has 3 aromatic carbocycles. The Bertz CT molecular complexity index is 1450. The lowest BCUT2D eigenvalue weighted by Crippen LogP contribution is -2.22. The van der Waals surface area contributed by atoms with Gasteiger partial charge in [-0.3, -0.25) is 9.59 Å². The summed E-state index contributed by atoms with van der Waals surface area (Å²) in [4.78, 5) is 25.8. The average Bonchev–Trinajstić information content (AvgIpc) is 2.80. The van der Waals surface area contributed by atoms with Gasteiger partial charge in [-0.1, -0.05) is 34.8 Å². The molecule has 1 aromatic heterocycles. The van der Waals surface area contributed by atoms with Crippen LogP contribution in [0, 0.1) is 6.92 Å². The number of rotatable bonds is 6. The number of hydrogen-bond acceptors (Lipinski definition) is 5. The number of amides is 1. The quantitative estimate of drug-likeness (QED) is 0.305. The highest BCUT2D eigenvalue weighted by atomic mass is 35.5. The van der Waals surface area contributed by atoms with E-state index in [1.807, 2.05) is 6.92 Å². The van der Waals surface area contributed by atoms with Gasteiger partial charge in [0.15, 0.2) is 12.4 Å². The van der Waals surface area contributed by atoms with E-state index in [0.29, 0.717) is 37.7 Å². The van der Waals surface area contributed by atoms with E-state index >= 15 is 0 Å². The average molecular weight is 519 g/mol. The number of benzene rings is 3. The van der Waals surface area contributed by atoms with Gasteiger partial charge in [0.05, 0.1) is 17.5 Å². The molecular weight excluding hydrogens is 501 g/mol. The Morgan fingerprint density at radius 3 is 2.41 bits per heavy atom. The number of carbonyl (C=O) groups excluding carboxylic acids is 1. The van der Waals surface area contributed by atoms with Gasteiger partial charge in [0.2, 0.25) is 11.2 Å². The maximum Gasteiger partial charge on any atom is 0.262 e. The molecule has 174 valence electrons. The molecule has 1 heterocycles. The van der Waals surface area contributed by atoms with Crippen molar-refractivity contribution >= 4 is 57.4 Å². The van der Waals surface area contributed by atoms with Crippen LogP contribution in [0.15, 0.2) is 63.8 Å². The number of methoxy groups -OCH3 is 1. The van der Waals surface area contributed by atoms with Gasteiger partial charge in [0, 0.05) is 21.3 Å². The SMILES string of the molecule is COc1ccc(NC(=O)COc2c(-c3ccc(Cl)cc3)oc3cc(C)c(Cl)cc3c2=O)cc1Cl. The van der Waals surface area contributed by atoms with Gasteiger partial charge in [-0.25, -0.2) is 0 Å². The summed E-state index contributed by atoms with van der Waals surface area (Å²) in [5.74, 6) is 0.0461. The summed E-state index contributed by atoms with van der Waals surface area (Å²) in [6, 6.07) is 14.7. The van der Waals surface area contributed by atoms with Crippen LogP contribution in [0.5, 0.6) is 11.5 Å². The van der Waals surface area contributed by atoms with E-state index in [9.17, 15) is 9.59 Å². The molecule has 0 aliphatic rings. The molecule has 4 rings (SSSR count). The lowest BCUT2D eigenvalue weighted by molar-refractivity contribution is -0.118. The van der Waals surface area contributed by atoms with Crippen LogP contribution in [-0.4, -0.2) is 19.6 Å². The third kappa shape index (κ3) is 4.99. The smallest absolute Gasteiger partial charge is 0.262 e. The minimum atomic E-state index is -0.496. The number of fused-ring (bicyclic) bond motifs is 1. The van der Waals surface area contributed by atoms with Gasteiger partial charge in [-0.15, -0.1) is 0 Å². The lowest BCUT2D eigenvalue weighted by atomic mass is 10.1. The Balaban J connectivity index is 1.68.